The van der Waals surface area contributed by atoms with E-state index in [1.165, 1.54) is 7.11 Å². The van der Waals surface area contributed by atoms with Crippen molar-refractivity contribution in [2.75, 3.05) is 33.8 Å². The van der Waals surface area contributed by atoms with Gasteiger partial charge in [-0.25, -0.2) is 0 Å². The van der Waals surface area contributed by atoms with Crippen LogP contribution in [0.4, 0.5) is 0 Å². The highest BCUT2D eigenvalue weighted by molar-refractivity contribution is 5.80. The van der Waals surface area contributed by atoms with E-state index >= 15 is 0 Å². The Hall–Kier alpha value is -0.610. The first-order chi connectivity index (χ1) is 7.85. The Morgan fingerprint density at radius 1 is 1.47 bits per heavy atom. The summed E-state index contributed by atoms with van der Waals surface area (Å²) in [6.07, 6.45) is 1.14. The Morgan fingerprint density at radius 3 is 2.47 bits per heavy atom. The number of methoxy groups -OCH3 is 1. The molecule has 17 heavy (non-hydrogen) atoms. The number of carbonyl (C=O) groups is 1. The van der Waals surface area contributed by atoms with Crippen molar-refractivity contribution < 1.29 is 9.53 Å². The molecule has 0 aliphatic rings. The molecule has 4 nitrogen and oxygen atoms in total. The molecule has 1 unspecified atom stereocenters. The van der Waals surface area contributed by atoms with E-state index in [1.807, 2.05) is 20.9 Å². The van der Waals surface area contributed by atoms with Gasteiger partial charge in [-0.2, -0.15) is 0 Å². The summed E-state index contributed by atoms with van der Waals surface area (Å²) in [5.41, 5.74) is -0.616. The topological polar surface area (TPSA) is 41.6 Å². The summed E-state index contributed by atoms with van der Waals surface area (Å²) in [6, 6.07) is 0. The van der Waals surface area contributed by atoms with E-state index in [0.717, 1.165) is 19.5 Å². The molecule has 1 N–H and O–H groups in total. The second-order valence-corrected chi connectivity index (χ2v) is 5.27. The molecule has 0 aromatic heterocycles. The van der Waals surface area contributed by atoms with Gasteiger partial charge in [-0.1, -0.05) is 20.8 Å². The summed E-state index contributed by atoms with van der Waals surface area (Å²) >= 11 is 0. The third kappa shape index (κ3) is 6.03. The first-order valence-corrected chi connectivity index (χ1v) is 6.37. The maximum absolute atomic E-state index is 11.8. The molecule has 0 aliphatic carbocycles. The summed E-state index contributed by atoms with van der Waals surface area (Å²) < 4.78 is 4.87. The second kappa shape index (κ2) is 7.67. The molecule has 102 valence electrons. The van der Waals surface area contributed by atoms with E-state index in [1.54, 1.807) is 0 Å². The molecule has 0 amide bonds. The lowest BCUT2D eigenvalue weighted by molar-refractivity contribution is -0.148. The third-order valence-corrected chi connectivity index (χ3v) is 2.88. The van der Waals surface area contributed by atoms with E-state index in [9.17, 15) is 4.79 Å². The van der Waals surface area contributed by atoms with Gasteiger partial charge in [0.15, 0.2) is 0 Å². The lowest BCUT2D eigenvalue weighted by Crippen LogP contribution is -2.56. The monoisotopic (exact) mass is 244 g/mol. The van der Waals surface area contributed by atoms with Crippen molar-refractivity contribution in [3.63, 3.8) is 0 Å². The zero-order chi connectivity index (χ0) is 13.5. The van der Waals surface area contributed by atoms with Gasteiger partial charge in [0.05, 0.1) is 7.11 Å². The average Bonchev–Trinajstić information content (AvgIpc) is 2.25. The summed E-state index contributed by atoms with van der Waals surface area (Å²) in [4.78, 5) is 14.0. The van der Waals surface area contributed by atoms with Crippen LogP contribution in [0.1, 0.15) is 34.1 Å². The molecule has 0 aromatic carbocycles. The van der Waals surface area contributed by atoms with Crippen molar-refractivity contribution in [2.45, 2.75) is 39.7 Å². The minimum absolute atomic E-state index is 0.198. The predicted octanol–water partition coefficient (Wildman–Crippen LogP) is 1.51. The van der Waals surface area contributed by atoms with Crippen molar-refractivity contribution in [2.24, 2.45) is 5.92 Å². The van der Waals surface area contributed by atoms with Crippen molar-refractivity contribution in [3.8, 4) is 0 Å². The number of hydrogen-bond acceptors (Lipinski definition) is 4. The molecule has 0 aromatic rings. The molecule has 0 fully saturated rings. The molecule has 0 spiro atoms. The first-order valence-electron chi connectivity index (χ1n) is 6.37. The number of nitrogens with zero attached hydrogens (tertiary/aromatic N) is 1. The summed E-state index contributed by atoms with van der Waals surface area (Å²) in [5, 5.41) is 3.21. The smallest absolute Gasteiger partial charge is 0.327 e. The number of nitrogens with one attached hydrogen (secondary N) is 1. The Labute approximate surface area is 106 Å². The van der Waals surface area contributed by atoms with E-state index in [2.05, 4.69) is 24.1 Å². The molecule has 0 rings (SSSR count). The van der Waals surface area contributed by atoms with Gasteiger partial charge in [0.25, 0.3) is 0 Å². The molecule has 0 saturated carbocycles. The molecule has 1 atom stereocenters. The number of esters is 1. The van der Waals surface area contributed by atoms with Crippen LogP contribution in [0.25, 0.3) is 0 Å². The van der Waals surface area contributed by atoms with Crippen LogP contribution in [0, 0.1) is 5.92 Å². The van der Waals surface area contributed by atoms with Crippen LogP contribution in [0.5, 0.6) is 0 Å². The minimum Gasteiger partial charge on any atom is -0.468 e. The third-order valence-electron chi connectivity index (χ3n) is 2.88. The van der Waals surface area contributed by atoms with Crippen molar-refractivity contribution >= 4 is 5.97 Å². The number of hydrogen-bond donors (Lipinski definition) is 1. The van der Waals surface area contributed by atoms with Crippen molar-refractivity contribution in [1.82, 2.24) is 10.2 Å². The molecular weight excluding hydrogens is 216 g/mol. The maximum atomic E-state index is 11.8. The highest BCUT2D eigenvalue weighted by atomic mass is 16.5. The lowest BCUT2D eigenvalue weighted by Gasteiger charge is -2.32. The fraction of sp³-hybridized carbons (Fsp3) is 0.923. The van der Waals surface area contributed by atoms with Gasteiger partial charge in [0.1, 0.15) is 5.54 Å². The molecule has 0 radical (unpaired) electrons. The normalized spacial score (nSPS) is 15.1. The largest absolute Gasteiger partial charge is 0.468 e. The zero-order valence-corrected chi connectivity index (χ0v) is 12.2. The van der Waals surface area contributed by atoms with Crippen molar-refractivity contribution in [3.05, 3.63) is 0 Å². The first kappa shape index (κ1) is 16.4. The fourth-order valence-corrected chi connectivity index (χ4v) is 1.91. The zero-order valence-electron chi connectivity index (χ0n) is 12.2. The van der Waals surface area contributed by atoms with E-state index in [-0.39, 0.29) is 5.97 Å². The van der Waals surface area contributed by atoms with E-state index in [4.69, 9.17) is 4.74 Å². The van der Waals surface area contributed by atoms with Crippen LogP contribution in [-0.4, -0.2) is 50.2 Å². The van der Waals surface area contributed by atoms with Crippen LogP contribution < -0.4 is 5.32 Å². The van der Waals surface area contributed by atoms with Crippen LogP contribution in [0.3, 0.4) is 0 Å². The second-order valence-electron chi connectivity index (χ2n) is 5.27. The molecular formula is C13H28N2O2. The van der Waals surface area contributed by atoms with Gasteiger partial charge in [-0.05, 0) is 39.4 Å². The van der Waals surface area contributed by atoms with Gasteiger partial charge in [0, 0.05) is 6.54 Å². The maximum Gasteiger partial charge on any atom is 0.327 e. The van der Waals surface area contributed by atoms with Crippen LogP contribution in [-0.2, 0) is 9.53 Å². The van der Waals surface area contributed by atoms with Gasteiger partial charge in [-0.3, -0.25) is 4.79 Å². The summed E-state index contributed by atoms with van der Waals surface area (Å²) in [7, 11) is 3.48. The number of carbonyl (C=O) groups excluding carboxylic acids is 1. The fourth-order valence-electron chi connectivity index (χ4n) is 1.91. The Morgan fingerprint density at radius 2 is 2.06 bits per heavy atom. The average molecular weight is 244 g/mol. The number of ether oxygens (including phenoxy) is 1. The summed E-state index contributed by atoms with van der Waals surface area (Å²) in [5.74, 6) is 0.483. The van der Waals surface area contributed by atoms with E-state index in [0.29, 0.717) is 12.5 Å². The quantitative estimate of drug-likeness (QED) is 0.657. The van der Waals surface area contributed by atoms with Crippen LogP contribution in [0.15, 0.2) is 0 Å². The molecule has 0 saturated heterocycles. The van der Waals surface area contributed by atoms with Crippen LogP contribution in [0.2, 0.25) is 0 Å². The van der Waals surface area contributed by atoms with Gasteiger partial charge in [-0.15, -0.1) is 0 Å². The molecule has 0 aliphatic heterocycles. The Balaban J connectivity index is 4.37. The lowest BCUT2D eigenvalue weighted by atomic mass is 10.0. The number of rotatable bonds is 8. The Bertz CT molecular complexity index is 231. The summed E-state index contributed by atoms with van der Waals surface area (Å²) in [6.45, 7) is 10.7. The Kier molecular flexibility index (Phi) is 7.39. The molecule has 4 heteroatoms. The highest BCUT2D eigenvalue weighted by Gasteiger charge is 2.34. The number of likely N-dealkylation sites (N-methyl/N-ethyl adjacent to an activating group) is 2. The van der Waals surface area contributed by atoms with Gasteiger partial charge in [0.2, 0.25) is 0 Å². The SMILES string of the molecule is CCNC(C)(CN(C)CCC(C)C)C(=O)OC. The molecule has 0 heterocycles. The predicted molar refractivity (Wildman–Crippen MR) is 71.0 cm³/mol. The molecule has 0 bridgehead atoms. The minimum atomic E-state index is -0.616. The van der Waals surface area contributed by atoms with Crippen LogP contribution >= 0.6 is 0 Å². The van der Waals surface area contributed by atoms with E-state index < -0.39 is 5.54 Å². The van der Waals surface area contributed by atoms with Crippen molar-refractivity contribution in [1.29, 1.82) is 0 Å². The van der Waals surface area contributed by atoms with Gasteiger partial charge >= 0.3 is 5.97 Å². The van der Waals surface area contributed by atoms with Gasteiger partial charge < -0.3 is 15.0 Å². The highest BCUT2D eigenvalue weighted by Crippen LogP contribution is 2.10. The standard InChI is InChI=1S/C13H28N2O2/c1-7-14-13(4,12(16)17-6)10-15(5)9-8-11(2)3/h11,14H,7-10H2,1-6H3.